The van der Waals surface area contributed by atoms with Gasteiger partial charge in [0, 0.05) is 6.21 Å². The van der Waals surface area contributed by atoms with Crippen LogP contribution in [0.15, 0.2) is 59.7 Å². The lowest BCUT2D eigenvalue weighted by Gasteiger charge is -2.01. The standard InChI is InChI=1S/C17H17N5O/c23-17(13-22-16-11-5-4-10-15(16)19-21-22)20-18-12-6-9-14-7-2-1-3-8-14/h1-5,7-8,10-12H,6,9,13H2,(H,20,23)/b18-12-. The van der Waals surface area contributed by atoms with Crippen LogP contribution in [-0.4, -0.2) is 27.1 Å². The normalized spacial score (nSPS) is 11.1. The van der Waals surface area contributed by atoms with E-state index >= 15 is 0 Å². The van der Waals surface area contributed by atoms with Crippen molar-refractivity contribution in [3.63, 3.8) is 0 Å². The summed E-state index contributed by atoms with van der Waals surface area (Å²) in [6.07, 6.45) is 3.38. The lowest BCUT2D eigenvalue weighted by molar-refractivity contribution is -0.121. The van der Waals surface area contributed by atoms with Gasteiger partial charge >= 0.3 is 0 Å². The lowest BCUT2D eigenvalue weighted by Crippen LogP contribution is -2.23. The van der Waals surface area contributed by atoms with Gasteiger partial charge in [0.2, 0.25) is 0 Å². The summed E-state index contributed by atoms with van der Waals surface area (Å²) in [5, 5.41) is 11.9. The number of rotatable bonds is 6. The van der Waals surface area contributed by atoms with E-state index in [9.17, 15) is 4.79 Å². The van der Waals surface area contributed by atoms with Gasteiger partial charge in [0.05, 0.1) is 5.52 Å². The minimum absolute atomic E-state index is 0.0938. The Hall–Kier alpha value is -3.02. The maximum Gasteiger partial charge on any atom is 0.261 e. The van der Waals surface area contributed by atoms with Crippen molar-refractivity contribution >= 4 is 23.2 Å². The number of aryl methyl sites for hydroxylation is 1. The molecule has 0 radical (unpaired) electrons. The van der Waals surface area contributed by atoms with Gasteiger partial charge in [0.1, 0.15) is 12.1 Å². The molecule has 23 heavy (non-hydrogen) atoms. The van der Waals surface area contributed by atoms with Crippen molar-refractivity contribution in [2.45, 2.75) is 19.4 Å². The Kier molecular flexibility index (Phi) is 4.73. The maximum atomic E-state index is 11.9. The maximum absolute atomic E-state index is 11.9. The number of benzene rings is 2. The molecule has 0 fully saturated rings. The summed E-state index contributed by atoms with van der Waals surface area (Å²) in [7, 11) is 0. The predicted molar refractivity (Wildman–Crippen MR) is 88.9 cm³/mol. The molecule has 3 rings (SSSR count). The van der Waals surface area contributed by atoms with Crippen LogP contribution in [0.1, 0.15) is 12.0 Å². The number of para-hydroxylation sites is 1. The molecule has 0 aliphatic heterocycles. The molecule has 1 heterocycles. The Balaban J connectivity index is 1.47. The number of aromatic nitrogens is 3. The fourth-order valence-electron chi connectivity index (χ4n) is 2.26. The number of hydrazone groups is 1. The molecule has 6 nitrogen and oxygen atoms in total. The fourth-order valence-corrected chi connectivity index (χ4v) is 2.26. The van der Waals surface area contributed by atoms with Crippen LogP contribution < -0.4 is 5.43 Å². The molecular formula is C17H17N5O. The van der Waals surface area contributed by atoms with E-state index in [0.717, 1.165) is 23.9 Å². The number of nitrogens with zero attached hydrogens (tertiary/aromatic N) is 4. The number of hydrogen-bond donors (Lipinski definition) is 1. The first-order valence-corrected chi connectivity index (χ1v) is 7.45. The van der Waals surface area contributed by atoms with Gasteiger partial charge in [0.25, 0.3) is 5.91 Å². The number of hydrogen-bond acceptors (Lipinski definition) is 4. The van der Waals surface area contributed by atoms with E-state index in [0.29, 0.717) is 0 Å². The third kappa shape index (κ3) is 4.00. The van der Waals surface area contributed by atoms with Gasteiger partial charge in [-0.1, -0.05) is 47.7 Å². The van der Waals surface area contributed by atoms with Crippen molar-refractivity contribution in [3.05, 3.63) is 60.2 Å². The zero-order chi connectivity index (χ0) is 15.9. The van der Waals surface area contributed by atoms with Gasteiger partial charge in [-0.25, -0.2) is 10.1 Å². The Morgan fingerprint density at radius 2 is 1.91 bits per heavy atom. The van der Waals surface area contributed by atoms with Crippen LogP contribution in [0.5, 0.6) is 0 Å². The third-order valence-corrected chi connectivity index (χ3v) is 3.40. The van der Waals surface area contributed by atoms with Crippen molar-refractivity contribution in [1.82, 2.24) is 20.4 Å². The van der Waals surface area contributed by atoms with Crippen molar-refractivity contribution in [2.24, 2.45) is 5.10 Å². The van der Waals surface area contributed by atoms with Crippen LogP contribution in [0.4, 0.5) is 0 Å². The van der Waals surface area contributed by atoms with E-state index in [2.05, 4.69) is 33.0 Å². The molecule has 116 valence electrons. The van der Waals surface area contributed by atoms with Crippen molar-refractivity contribution in [3.8, 4) is 0 Å². The number of nitrogens with one attached hydrogen (secondary N) is 1. The molecule has 0 saturated carbocycles. The van der Waals surface area contributed by atoms with Crippen LogP contribution in [-0.2, 0) is 17.8 Å². The van der Waals surface area contributed by atoms with E-state index in [-0.39, 0.29) is 12.5 Å². The molecule has 0 spiro atoms. The zero-order valence-electron chi connectivity index (χ0n) is 12.6. The van der Waals surface area contributed by atoms with Gasteiger partial charge in [-0.2, -0.15) is 5.10 Å². The van der Waals surface area contributed by atoms with Gasteiger partial charge in [-0.05, 0) is 30.5 Å². The highest BCUT2D eigenvalue weighted by Gasteiger charge is 2.07. The molecule has 3 aromatic rings. The van der Waals surface area contributed by atoms with Crippen LogP contribution in [0, 0.1) is 0 Å². The van der Waals surface area contributed by atoms with Gasteiger partial charge in [-0.3, -0.25) is 4.79 Å². The summed E-state index contributed by atoms with van der Waals surface area (Å²) in [4.78, 5) is 11.9. The number of carbonyl (C=O) groups is 1. The second kappa shape index (κ2) is 7.31. The second-order valence-corrected chi connectivity index (χ2v) is 5.11. The third-order valence-electron chi connectivity index (χ3n) is 3.40. The smallest absolute Gasteiger partial charge is 0.261 e. The molecule has 2 aromatic carbocycles. The molecule has 0 bridgehead atoms. The number of carbonyl (C=O) groups excluding carboxylic acids is 1. The Bertz CT molecular complexity index is 810. The van der Waals surface area contributed by atoms with Crippen LogP contribution >= 0.6 is 0 Å². The van der Waals surface area contributed by atoms with Gasteiger partial charge in [0.15, 0.2) is 0 Å². The molecule has 6 heteroatoms. The Morgan fingerprint density at radius 1 is 1.13 bits per heavy atom. The van der Waals surface area contributed by atoms with Crippen molar-refractivity contribution in [2.75, 3.05) is 0 Å². The van der Waals surface area contributed by atoms with Crippen LogP contribution in [0.3, 0.4) is 0 Å². The van der Waals surface area contributed by atoms with Crippen LogP contribution in [0.25, 0.3) is 11.0 Å². The monoisotopic (exact) mass is 307 g/mol. The minimum Gasteiger partial charge on any atom is -0.271 e. The first kappa shape index (κ1) is 14.9. The summed E-state index contributed by atoms with van der Waals surface area (Å²) in [5.74, 6) is -0.225. The second-order valence-electron chi connectivity index (χ2n) is 5.11. The summed E-state index contributed by atoms with van der Waals surface area (Å²) in [6, 6.07) is 17.7. The lowest BCUT2D eigenvalue weighted by atomic mass is 10.1. The first-order valence-electron chi connectivity index (χ1n) is 7.45. The van der Waals surface area contributed by atoms with Gasteiger partial charge in [-0.15, -0.1) is 5.10 Å². The SMILES string of the molecule is O=C(Cn1nnc2ccccc21)N/N=C\CCc1ccccc1. The van der Waals surface area contributed by atoms with E-state index in [1.165, 1.54) is 5.56 Å². The molecule has 0 unspecified atom stereocenters. The molecular weight excluding hydrogens is 290 g/mol. The molecule has 0 aliphatic rings. The summed E-state index contributed by atoms with van der Waals surface area (Å²) in [5.41, 5.74) is 5.36. The van der Waals surface area contributed by atoms with E-state index in [4.69, 9.17) is 0 Å². The predicted octanol–water partition coefficient (Wildman–Crippen LogP) is 2.17. The first-order chi connectivity index (χ1) is 11.3. The summed E-state index contributed by atoms with van der Waals surface area (Å²) < 4.78 is 1.56. The Morgan fingerprint density at radius 3 is 2.78 bits per heavy atom. The summed E-state index contributed by atoms with van der Waals surface area (Å²) >= 11 is 0. The zero-order valence-corrected chi connectivity index (χ0v) is 12.6. The van der Waals surface area contributed by atoms with Gasteiger partial charge < -0.3 is 0 Å². The minimum atomic E-state index is -0.225. The van der Waals surface area contributed by atoms with E-state index < -0.39 is 0 Å². The summed E-state index contributed by atoms with van der Waals surface area (Å²) in [6.45, 7) is 0.0938. The molecule has 1 amide bonds. The molecule has 0 aliphatic carbocycles. The van der Waals surface area contributed by atoms with Crippen molar-refractivity contribution < 1.29 is 4.79 Å². The highest BCUT2D eigenvalue weighted by atomic mass is 16.2. The average molecular weight is 307 g/mol. The molecule has 1 N–H and O–H groups in total. The number of fused-ring (bicyclic) bond motifs is 1. The topological polar surface area (TPSA) is 72.2 Å². The number of amides is 1. The average Bonchev–Trinajstić information content (AvgIpc) is 2.99. The Labute approximate surface area is 133 Å². The van der Waals surface area contributed by atoms with Crippen LogP contribution in [0.2, 0.25) is 0 Å². The van der Waals surface area contributed by atoms with E-state index in [1.807, 2.05) is 42.5 Å². The molecule has 0 saturated heterocycles. The molecule has 0 atom stereocenters. The highest BCUT2D eigenvalue weighted by Crippen LogP contribution is 2.09. The molecule has 1 aromatic heterocycles. The van der Waals surface area contributed by atoms with E-state index in [1.54, 1.807) is 10.9 Å². The largest absolute Gasteiger partial charge is 0.271 e. The van der Waals surface area contributed by atoms with Crippen molar-refractivity contribution in [1.29, 1.82) is 0 Å². The quantitative estimate of drug-likeness (QED) is 0.560. The highest BCUT2D eigenvalue weighted by molar-refractivity contribution is 5.80. The fraction of sp³-hybridized carbons (Fsp3) is 0.176.